The number of H-pyrrole nitrogens is 1. The van der Waals surface area contributed by atoms with E-state index in [1.807, 2.05) is 40.8 Å². The smallest absolute Gasteiger partial charge is 0.272 e. The Morgan fingerprint density at radius 1 is 1.26 bits per heavy atom. The average Bonchev–Trinajstić information content (AvgIpc) is 3.30. The van der Waals surface area contributed by atoms with Gasteiger partial charge in [0.25, 0.3) is 11.8 Å². The lowest BCUT2D eigenvalue weighted by Crippen LogP contribution is -2.37. The third-order valence-electron chi connectivity index (χ3n) is 6.01. The van der Waals surface area contributed by atoms with Crippen molar-refractivity contribution in [3.8, 4) is 11.4 Å². The Morgan fingerprint density at radius 3 is 2.84 bits per heavy atom. The molecule has 0 bridgehead atoms. The molecule has 2 aliphatic rings. The number of aromatic amines is 1. The second kappa shape index (κ2) is 8.02. The molecule has 1 aliphatic carbocycles. The van der Waals surface area contributed by atoms with Crippen LogP contribution in [0.15, 0.2) is 36.7 Å². The number of aromatic nitrogens is 4. The van der Waals surface area contributed by atoms with Crippen LogP contribution in [-0.4, -0.2) is 49.6 Å². The normalized spacial score (nSPS) is 15.6. The van der Waals surface area contributed by atoms with E-state index in [9.17, 15) is 9.59 Å². The number of imidazole rings is 1. The maximum atomic E-state index is 13.5. The lowest BCUT2D eigenvalue weighted by Gasteiger charge is -2.28. The molecule has 0 atom stereocenters. The predicted molar refractivity (Wildman–Crippen MR) is 115 cm³/mol. The summed E-state index contributed by atoms with van der Waals surface area (Å²) < 4.78 is 2.01. The van der Waals surface area contributed by atoms with Gasteiger partial charge in [-0.05, 0) is 31.7 Å². The Kier molecular flexibility index (Phi) is 5.05. The highest BCUT2D eigenvalue weighted by atomic mass is 16.2. The molecule has 3 aromatic rings. The molecule has 1 aliphatic heterocycles. The Balaban J connectivity index is 1.46. The van der Waals surface area contributed by atoms with E-state index in [0.29, 0.717) is 49.1 Å². The highest BCUT2D eigenvalue weighted by Gasteiger charge is 2.33. The van der Waals surface area contributed by atoms with Crippen LogP contribution in [-0.2, 0) is 19.5 Å². The molecule has 8 heteroatoms. The van der Waals surface area contributed by atoms with Gasteiger partial charge in [0.05, 0.1) is 12.1 Å². The number of rotatable bonds is 6. The van der Waals surface area contributed by atoms with Crippen LogP contribution in [0, 0.1) is 5.92 Å². The van der Waals surface area contributed by atoms with Gasteiger partial charge in [0.15, 0.2) is 5.69 Å². The fourth-order valence-corrected chi connectivity index (χ4v) is 4.25. The van der Waals surface area contributed by atoms with Crippen molar-refractivity contribution in [1.82, 2.24) is 30.0 Å². The Hall–Kier alpha value is -3.42. The largest absolute Gasteiger partial charge is 0.351 e. The van der Waals surface area contributed by atoms with E-state index >= 15 is 0 Å². The second-order valence-electron chi connectivity index (χ2n) is 8.22. The van der Waals surface area contributed by atoms with Crippen molar-refractivity contribution in [2.24, 2.45) is 5.92 Å². The first-order chi connectivity index (χ1) is 15.2. The highest BCUT2D eigenvalue weighted by molar-refractivity contribution is 6.00. The molecule has 31 heavy (non-hydrogen) atoms. The molecule has 2 aromatic heterocycles. The molecular weight excluding hydrogens is 392 g/mol. The van der Waals surface area contributed by atoms with E-state index in [4.69, 9.17) is 0 Å². The zero-order valence-electron chi connectivity index (χ0n) is 17.6. The summed E-state index contributed by atoms with van der Waals surface area (Å²) in [5.74, 6) is 1.10. The number of carbonyl (C=O) groups excluding carboxylic acids is 2. The zero-order chi connectivity index (χ0) is 21.4. The van der Waals surface area contributed by atoms with Crippen LogP contribution in [0.1, 0.15) is 51.9 Å². The lowest BCUT2D eigenvalue weighted by atomic mass is 10.0. The Bertz CT molecular complexity index is 1110. The number of benzene rings is 1. The highest BCUT2D eigenvalue weighted by Crippen LogP contribution is 2.33. The summed E-state index contributed by atoms with van der Waals surface area (Å²) in [6.45, 7) is 4.29. The zero-order valence-corrected chi connectivity index (χ0v) is 17.6. The molecular formula is C23H26N6O2. The number of nitrogens with one attached hydrogen (secondary N) is 2. The number of amides is 2. The van der Waals surface area contributed by atoms with Gasteiger partial charge in [0, 0.05) is 55.3 Å². The maximum Gasteiger partial charge on any atom is 0.272 e. The van der Waals surface area contributed by atoms with Crippen molar-refractivity contribution in [1.29, 1.82) is 0 Å². The molecule has 0 saturated heterocycles. The topological polar surface area (TPSA) is 95.9 Å². The minimum absolute atomic E-state index is 0.0607. The minimum atomic E-state index is -0.168. The third kappa shape index (κ3) is 3.73. The van der Waals surface area contributed by atoms with Gasteiger partial charge >= 0.3 is 0 Å². The Morgan fingerprint density at radius 2 is 2.10 bits per heavy atom. The fourth-order valence-electron chi connectivity index (χ4n) is 4.25. The maximum absolute atomic E-state index is 13.5. The standard InChI is InChI=1S/C23H26N6O2/c1-2-24-22(30)20-18-14-28(12-9-19(18)29(27-20)13-15-7-8-15)23(31)17-6-4-3-5-16(17)21-25-10-11-26-21/h3-6,10-11,15H,2,7-9,12-14H2,1H3,(H,24,30)(H,25,26). The summed E-state index contributed by atoms with van der Waals surface area (Å²) >= 11 is 0. The van der Waals surface area contributed by atoms with Crippen LogP contribution < -0.4 is 5.32 Å². The van der Waals surface area contributed by atoms with E-state index in [1.165, 1.54) is 12.8 Å². The summed E-state index contributed by atoms with van der Waals surface area (Å²) in [6, 6.07) is 7.49. The average molecular weight is 419 g/mol. The van der Waals surface area contributed by atoms with Crippen LogP contribution in [0.3, 0.4) is 0 Å². The van der Waals surface area contributed by atoms with Crippen molar-refractivity contribution < 1.29 is 9.59 Å². The summed E-state index contributed by atoms with van der Waals surface area (Å²) in [5, 5.41) is 7.53. The van der Waals surface area contributed by atoms with Crippen molar-refractivity contribution in [3.63, 3.8) is 0 Å². The molecule has 2 amide bonds. The summed E-state index contributed by atoms with van der Waals surface area (Å²) in [6.07, 6.45) is 6.56. The Labute approximate surface area is 180 Å². The fraction of sp³-hybridized carbons (Fsp3) is 0.391. The van der Waals surface area contributed by atoms with Crippen LogP contribution in [0.4, 0.5) is 0 Å². The van der Waals surface area contributed by atoms with E-state index in [0.717, 1.165) is 23.4 Å². The predicted octanol–water partition coefficient (Wildman–Crippen LogP) is 2.63. The lowest BCUT2D eigenvalue weighted by molar-refractivity contribution is 0.0731. The quantitative estimate of drug-likeness (QED) is 0.643. The molecule has 1 aromatic carbocycles. The van der Waals surface area contributed by atoms with Crippen LogP contribution >= 0.6 is 0 Å². The van der Waals surface area contributed by atoms with Gasteiger partial charge in [-0.15, -0.1) is 0 Å². The number of nitrogens with zero attached hydrogens (tertiary/aromatic N) is 4. The second-order valence-corrected chi connectivity index (χ2v) is 8.22. The summed E-state index contributed by atoms with van der Waals surface area (Å²) in [4.78, 5) is 35.4. The summed E-state index contributed by atoms with van der Waals surface area (Å²) in [5.41, 5.74) is 3.80. The van der Waals surface area contributed by atoms with Gasteiger partial charge in [0.2, 0.25) is 0 Å². The van der Waals surface area contributed by atoms with Gasteiger partial charge < -0.3 is 15.2 Å². The van der Waals surface area contributed by atoms with Gasteiger partial charge in [-0.2, -0.15) is 5.10 Å². The molecule has 1 saturated carbocycles. The summed E-state index contributed by atoms with van der Waals surface area (Å²) in [7, 11) is 0. The molecule has 160 valence electrons. The monoisotopic (exact) mass is 418 g/mol. The van der Waals surface area contributed by atoms with E-state index < -0.39 is 0 Å². The van der Waals surface area contributed by atoms with Crippen LogP contribution in [0.25, 0.3) is 11.4 Å². The van der Waals surface area contributed by atoms with Gasteiger partial charge in [-0.1, -0.05) is 18.2 Å². The van der Waals surface area contributed by atoms with Crippen molar-refractivity contribution in [2.45, 2.75) is 39.3 Å². The molecule has 5 rings (SSSR count). The molecule has 0 radical (unpaired) electrons. The molecule has 1 fully saturated rings. The number of carbonyl (C=O) groups is 2. The van der Waals surface area contributed by atoms with Gasteiger partial charge in [-0.3, -0.25) is 14.3 Å². The first kappa shape index (κ1) is 19.5. The van der Waals surface area contributed by atoms with Crippen molar-refractivity contribution in [2.75, 3.05) is 13.1 Å². The number of hydrogen-bond donors (Lipinski definition) is 2. The molecule has 0 spiro atoms. The molecule has 8 nitrogen and oxygen atoms in total. The number of hydrogen-bond acceptors (Lipinski definition) is 4. The van der Waals surface area contributed by atoms with E-state index in [-0.39, 0.29) is 11.8 Å². The minimum Gasteiger partial charge on any atom is -0.351 e. The first-order valence-corrected chi connectivity index (χ1v) is 10.9. The van der Waals surface area contributed by atoms with Crippen LogP contribution in [0.2, 0.25) is 0 Å². The third-order valence-corrected chi connectivity index (χ3v) is 6.01. The van der Waals surface area contributed by atoms with Crippen molar-refractivity contribution >= 4 is 11.8 Å². The molecule has 0 unspecified atom stereocenters. The van der Waals surface area contributed by atoms with E-state index in [2.05, 4.69) is 20.4 Å². The van der Waals surface area contributed by atoms with Gasteiger partial charge in [-0.25, -0.2) is 4.98 Å². The van der Waals surface area contributed by atoms with Gasteiger partial charge in [0.1, 0.15) is 5.82 Å². The first-order valence-electron chi connectivity index (χ1n) is 10.9. The SMILES string of the molecule is CCNC(=O)c1nn(CC2CC2)c2c1CN(C(=O)c1ccccc1-c1ncc[nH]1)CC2. The molecule has 3 heterocycles. The molecule has 2 N–H and O–H groups in total. The van der Waals surface area contributed by atoms with Crippen LogP contribution in [0.5, 0.6) is 0 Å². The van der Waals surface area contributed by atoms with E-state index in [1.54, 1.807) is 12.4 Å². The van der Waals surface area contributed by atoms with Crippen molar-refractivity contribution in [3.05, 3.63) is 59.2 Å². The number of fused-ring (bicyclic) bond motifs is 1.